The number of benzene rings is 1. The van der Waals surface area contributed by atoms with Gasteiger partial charge in [0.2, 0.25) is 5.69 Å². The average Bonchev–Trinajstić information content (AvgIpc) is 3.00. The molecule has 0 saturated heterocycles. The lowest BCUT2D eigenvalue weighted by atomic mass is 10.3. The van der Waals surface area contributed by atoms with Gasteiger partial charge in [0.15, 0.2) is 5.84 Å². The highest BCUT2D eigenvalue weighted by Crippen LogP contribution is 2.23. The fraction of sp³-hybridized carbons (Fsp3) is 0.250. The first kappa shape index (κ1) is 19.2. The van der Waals surface area contributed by atoms with E-state index in [1.165, 1.54) is 18.2 Å². The number of nitrogens with zero attached hydrogens (tertiary/aromatic N) is 3. The summed E-state index contributed by atoms with van der Waals surface area (Å²) in [5.74, 6) is -1.32. The molecule has 0 amide bonds. The summed E-state index contributed by atoms with van der Waals surface area (Å²) in [6, 6.07) is 3.90. The van der Waals surface area contributed by atoms with E-state index in [-0.39, 0.29) is 40.6 Å². The summed E-state index contributed by atoms with van der Waals surface area (Å²) in [6.07, 6.45) is -0.00489. The van der Waals surface area contributed by atoms with Crippen LogP contribution in [-0.2, 0) is 10.1 Å². The topological polar surface area (TPSA) is 147 Å². The van der Waals surface area contributed by atoms with Gasteiger partial charge in [-0.15, -0.1) is 0 Å². The third kappa shape index (κ3) is 5.74. The van der Waals surface area contributed by atoms with Crippen LogP contribution in [0.3, 0.4) is 0 Å². The van der Waals surface area contributed by atoms with Crippen LogP contribution in [0.25, 0.3) is 0 Å². The highest BCUT2D eigenvalue weighted by molar-refractivity contribution is 9.10. The Kier molecular flexibility index (Phi) is 6.41. The molecule has 0 aliphatic rings. The van der Waals surface area contributed by atoms with Crippen molar-refractivity contribution >= 4 is 37.6 Å². The Morgan fingerprint density at radius 1 is 1.44 bits per heavy atom. The highest BCUT2D eigenvalue weighted by atomic mass is 79.9. The van der Waals surface area contributed by atoms with Gasteiger partial charge in [0, 0.05) is 0 Å². The number of ether oxygens (including phenoxy) is 1. The molecule has 10 nitrogen and oxygen atoms in total. The molecule has 25 heavy (non-hydrogen) atoms. The lowest BCUT2D eigenvalue weighted by Crippen LogP contribution is -2.21. The quantitative estimate of drug-likeness (QED) is 0.193. The van der Waals surface area contributed by atoms with Crippen LogP contribution in [0.5, 0.6) is 5.88 Å². The van der Waals surface area contributed by atoms with Crippen LogP contribution in [0, 0.1) is 5.82 Å². The summed E-state index contributed by atoms with van der Waals surface area (Å²) >= 11 is 3.01. The van der Waals surface area contributed by atoms with Gasteiger partial charge in [0.25, 0.3) is 16.0 Å². The summed E-state index contributed by atoms with van der Waals surface area (Å²) in [6.45, 7) is -0.109. The Balaban J connectivity index is 2.14. The molecule has 0 fully saturated rings. The van der Waals surface area contributed by atoms with E-state index in [9.17, 15) is 18.0 Å². The second kappa shape index (κ2) is 8.33. The molecule has 0 bridgehead atoms. The van der Waals surface area contributed by atoms with Gasteiger partial charge >= 0.3 is 0 Å². The van der Waals surface area contributed by atoms with Crippen LogP contribution in [0.2, 0.25) is 0 Å². The number of halogens is 2. The van der Waals surface area contributed by atoms with E-state index in [4.69, 9.17) is 9.29 Å². The molecule has 3 N–H and O–H groups in total. The van der Waals surface area contributed by atoms with Crippen LogP contribution in [0.1, 0.15) is 12.1 Å². The molecule has 1 aromatic carbocycles. The van der Waals surface area contributed by atoms with Crippen LogP contribution < -0.4 is 10.2 Å². The molecule has 0 atom stereocenters. The minimum absolute atomic E-state index is 0.00489. The van der Waals surface area contributed by atoms with Gasteiger partial charge in [0.05, 0.1) is 22.5 Å². The summed E-state index contributed by atoms with van der Waals surface area (Å²) in [4.78, 5) is 4.03. The number of hydrogen-bond acceptors (Lipinski definition) is 8. The zero-order chi connectivity index (χ0) is 18.4. The van der Waals surface area contributed by atoms with Crippen LogP contribution in [0.4, 0.5) is 10.1 Å². The lowest BCUT2D eigenvalue weighted by Gasteiger charge is -2.05. The van der Waals surface area contributed by atoms with Gasteiger partial charge in [-0.3, -0.25) is 15.2 Å². The van der Waals surface area contributed by atoms with Crippen molar-refractivity contribution in [1.82, 2.24) is 15.8 Å². The van der Waals surface area contributed by atoms with Crippen molar-refractivity contribution in [2.45, 2.75) is 6.42 Å². The zero-order valence-electron chi connectivity index (χ0n) is 12.4. The van der Waals surface area contributed by atoms with Gasteiger partial charge in [0.1, 0.15) is 5.82 Å². The SMILES string of the molecule is O=S(=O)(O)CCCOc1nonc1C(=Nc1ccc(F)c(Br)c1)NO. The van der Waals surface area contributed by atoms with E-state index >= 15 is 0 Å². The lowest BCUT2D eigenvalue weighted by molar-refractivity contribution is 0.233. The van der Waals surface area contributed by atoms with E-state index in [2.05, 4.69) is 35.9 Å². The number of nitrogens with one attached hydrogen (secondary N) is 1. The van der Waals surface area contributed by atoms with Crippen molar-refractivity contribution < 1.29 is 31.9 Å². The van der Waals surface area contributed by atoms with E-state index in [1.54, 1.807) is 5.48 Å². The average molecular weight is 439 g/mol. The summed E-state index contributed by atoms with van der Waals surface area (Å²) < 4.78 is 53.0. The van der Waals surface area contributed by atoms with E-state index in [1.807, 2.05) is 0 Å². The number of aliphatic imine (C=N–C) groups is 1. The molecule has 0 aliphatic carbocycles. The number of hydroxylamine groups is 1. The monoisotopic (exact) mass is 438 g/mol. The predicted octanol–water partition coefficient (Wildman–Crippen LogP) is 1.68. The Morgan fingerprint density at radius 2 is 2.20 bits per heavy atom. The van der Waals surface area contributed by atoms with Gasteiger partial charge in [-0.25, -0.2) is 14.0 Å². The molecule has 0 radical (unpaired) electrons. The molecule has 13 heteroatoms. The number of rotatable bonds is 7. The molecule has 2 rings (SSSR count). The Bertz CT molecular complexity index is 872. The van der Waals surface area contributed by atoms with Crippen molar-refractivity contribution in [3.63, 3.8) is 0 Å². The second-order valence-corrected chi connectivity index (χ2v) is 7.00. The van der Waals surface area contributed by atoms with Crippen molar-refractivity contribution in [2.75, 3.05) is 12.4 Å². The van der Waals surface area contributed by atoms with E-state index < -0.39 is 21.7 Å². The third-order valence-corrected chi connectivity index (χ3v) is 4.13. The van der Waals surface area contributed by atoms with E-state index in [0.29, 0.717) is 0 Å². The molecule has 2 aromatic rings. The first-order valence-corrected chi connectivity index (χ1v) is 9.05. The van der Waals surface area contributed by atoms with Gasteiger partial charge in [-0.05, 0) is 50.9 Å². The van der Waals surface area contributed by atoms with E-state index in [0.717, 1.165) is 0 Å². The molecular weight excluding hydrogens is 427 g/mol. The maximum atomic E-state index is 13.2. The summed E-state index contributed by atoms with van der Waals surface area (Å²) in [7, 11) is -4.10. The minimum Gasteiger partial charge on any atom is -0.474 e. The molecular formula is C12H12BrFN4O6S. The zero-order valence-corrected chi connectivity index (χ0v) is 14.8. The minimum atomic E-state index is -4.10. The van der Waals surface area contributed by atoms with Crippen molar-refractivity contribution in [3.05, 3.63) is 34.2 Å². The first-order chi connectivity index (χ1) is 11.8. The maximum Gasteiger partial charge on any atom is 0.287 e. The van der Waals surface area contributed by atoms with Crippen molar-refractivity contribution in [1.29, 1.82) is 0 Å². The maximum absolute atomic E-state index is 13.2. The number of hydrogen-bond donors (Lipinski definition) is 3. The molecule has 136 valence electrons. The normalized spacial score (nSPS) is 12.2. The molecule has 1 aromatic heterocycles. The van der Waals surface area contributed by atoms with Crippen LogP contribution in [-0.4, -0.2) is 46.7 Å². The Labute approximate surface area is 149 Å². The van der Waals surface area contributed by atoms with Crippen molar-refractivity contribution in [3.8, 4) is 5.88 Å². The predicted molar refractivity (Wildman–Crippen MR) is 86.0 cm³/mol. The third-order valence-electron chi connectivity index (χ3n) is 2.72. The molecule has 0 saturated carbocycles. The highest BCUT2D eigenvalue weighted by Gasteiger charge is 2.18. The van der Waals surface area contributed by atoms with Gasteiger partial charge in [-0.1, -0.05) is 0 Å². The molecule has 1 heterocycles. The van der Waals surface area contributed by atoms with Crippen LogP contribution in [0.15, 0.2) is 32.3 Å². The van der Waals surface area contributed by atoms with Gasteiger partial charge < -0.3 is 4.74 Å². The number of aromatic nitrogens is 2. The fourth-order valence-corrected chi connectivity index (χ4v) is 2.49. The molecule has 0 aliphatic heterocycles. The smallest absolute Gasteiger partial charge is 0.287 e. The summed E-state index contributed by atoms with van der Waals surface area (Å²) in [5.41, 5.74) is 2.00. The van der Waals surface area contributed by atoms with Crippen LogP contribution >= 0.6 is 15.9 Å². The standard InChI is InChI=1S/C12H12BrFN4O6S/c13-8-6-7(2-3-9(8)14)15-11(16-19)10-12(18-24-17-10)23-4-1-5-25(20,21)22/h2-3,6,19H,1,4-5H2,(H,15,16)(H,20,21,22). The van der Waals surface area contributed by atoms with Gasteiger partial charge in [-0.2, -0.15) is 8.42 Å². The molecule has 0 spiro atoms. The Morgan fingerprint density at radius 3 is 2.84 bits per heavy atom. The van der Waals surface area contributed by atoms with Crippen molar-refractivity contribution in [2.24, 2.45) is 4.99 Å². The Hall–Kier alpha value is -2.09. The largest absolute Gasteiger partial charge is 0.474 e. The summed E-state index contributed by atoms with van der Waals surface area (Å²) in [5, 5.41) is 16.2. The second-order valence-electron chi connectivity index (χ2n) is 4.58. The first-order valence-electron chi connectivity index (χ1n) is 6.65. The fourth-order valence-electron chi connectivity index (χ4n) is 1.64. The molecule has 0 unspecified atom stereocenters. The number of amidine groups is 1.